The summed E-state index contributed by atoms with van der Waals surface area (Å²) in [5.41, 5.74) is 0. The van der Waals surface area contributed by atoms with Gasteiger partial charge in [-0.05, 0) is 49.9 Å². The van der Waals surface area contributed by atoms with Gasteiger partial charge in [0.1, 0.15) is 0 Å². The first-order valence-electron chi connectivity index (χ1n) is 10.5. The Kier molecular flexibility index (Phi) is 7.29. The Hall–Kier alpha value is -0.0400. The molecule has 1 saturated heterocycles. The van der Waals surface area contributed by atoms with E-state index in [1.165, 1.54) is 83.8 Å². The number of piperidine rings is 1. The zero-order valence-electron chi connectivity index (χ0n) is 15.9. The van der Waals surface area contributed by atoms with Crippen LogP contribution in [-0.4, -0.2) is 49.6 Å². The van der Waals surface area contributed by atoms with E-state index in [1.807, 2.05) is 7.05 Å². The van der Waals surface area contributed by atoms with Gasteiger partial charge in [0.15, 0.2) is 5.96 Å². The van der Waals surface area contributed by atoms with Crippen molar-refractivity contribution in [3.63, 3.8) is 0 Å². The van der Waals surface area contributed by atoms with Gasteiger partial charge in [0.05, 0.1) is 0 Å². The average molecular weight is 460 g/mol. The van der Waals surface area contributed by atoms with Crippen molar-refractivity contribution in [3.05, 3.63) is 0 Å². The molecule has 5 heteroatoms. The van der Waals surface area contributed by atoms with Gasteiger partial charge in [-0.3, -0.25) is 4.99 Å². The minimum absolute atomic E-state index is 0. The standard InChI is InChI=1S/C20H36N4.HI/c1-21-20(23-19-13-18(19)16-5-3-2-4-6-16)22-17-9-11-24(12-10-17)14-15-7-8-15;/h15-19H,2-14H2,1H3,(H2,21,22,23);1H. The number of hydrogen-bond donors (Lipinski definition) is 2. The third-order valence-corrected chi connectivity index (χ3v) is 6.78. The molecule has 3 saturated carbocycles. The monoisotopic (exact) mass is 460 g/mol. The predicted octanol–water partition coefficient (Wildman–Crippen LogP) is 3.61. The van der Waals surface area contributed by atoms with Crippen LogP contribution in [0, 0.1) is 17.8 Å². The molecule has 0 aromatic rings. The first-order chi connectivity index (χ1) is 11.8. The summed E-state index contributed by atoms with van der Waals surface area (Å²) in [6, 6.07) is 1.30. The molecule has 4 aliphatic rings. The van der Waals surface area contributed by atoms with Crippen molar-refractivity contribution in [1.82, 2.24) is 15.5 Å². The van der Waals surface area contributed by atoms with E-state index in [1.54, 1.807) is 0 Å². The molecule has 4 nitrogen and oxygen atoms in total. The molecule has 1 aliphatic heterocycles. The number of hydrogen-bond acceptors (Lipinski definition) is 2. The van der Waals surface area contributed by atoms with E-state index < -0.39 is 0 Å². The van der Waals surface area contributed by atoms with Crippen molar-refractivity contribution < 1.29 is 0 Å². The van der Waals surface area contributed by atoms with Crippen molar-refractivity contribution >= 4 is 29.9 Å². The molecule has 25 heavy (non-hydrogen) atoms. The summed E-state index contributed by atoms with van der Waals surface area (Å²) in [5.74, 6) is 3.98. The first kappa shape index (κ1) is 19.7. The lowest BCUT2D eigenvalue weighted by molar-refractivity contribution is 0.198. The molecule has 1 heterocycles. The molecule has 0 amide bonds. The van der Waals surface area contributed by atoms with Gasteiger partial charge < -0.3 is 15.5 Å². The molecule has 0 aromatic heterocycles. The van der Waals surface area contributed by atoms with Gasteiger partial charge in [-0.2, -0.15) is 0 Å². The van der Waals surface area contributed by atoms with E-state index in [0.29, 0.717) is 12.1 Å². The average Bonchev–Trinajstić information content (AvgIpc) is 3.53. The van der Waals surface area contributed by atoms with Crippen molar-refractivity contribution in [1.29, 1.82) is 0 Å². The van der Waals surface area contributed by atoms with Crippen LogP contribution in [0.4, 0.5) is 0 Å². The smallest absolute Gasteiger partial charge is 0.191 e. The summed E-state index contributed by atoms with van der Waals surface area (Å²) < 4.78 is 0. The molecular formula is C20H37IN4. The Morgan fingerprint density at radius 1 is 0.960 bits per heavy atom. The molecule has 4 fully saturated rings. The zero-order chi connectivity index (χ0) is 16.4. The van der Waals surface area contributed by atoms with Gasteiger partial charge in [0, 0.05) is 38.8 Å². The molecule has 0 bridgehead atoms. The fourth-order valence-corrected chi connectivity index (χ4v) is 4.93. The Bertz CT molecular complexity index is 437. The second-order valence-corrected chi connectivity index (χ2v) is 8.78. The van der Waals surface area contributed by atoms with Crippen LogP contribution in [0.3, 0.4) is 0 Å². The quantitative estimate of drug-likeness (QED) is 0.374. The maximum Gasteiger partial charge on any atom is 0.191 e. The molecule has 2 N–H and O–H groups in total. The maximum absolute atomic E-state index is 4.50. The minimum atomic E-state index is 0. The molecule has 3 aliphatic carbocycles. The van der Waals surface area contributed by atoms with Crippen LogP contribution in [0.25, 0.3) is 0 Å². The van der Waals surface area contributed by atoms with Gasteiger partial charge in [-0.15, -0.1) is 24.0 Å². The summed E-state index contributed by atoms with van der Waals surface area (Å²) in [4.78, 5) is 7.17. The molecule has 0 spiro atoms. The highest BCUT2D eigenvalue weighted by Crippen LogP contribution is 2.44. The van der Waals surface area contributed by atoms with E-state index in [4.69, 9.17) is 0 Å². The summed E-state index contributed by atoms with van der Waals surface area (Å²) in [6.45, 7) is 3.88. The molecule has 0 radical (unpaired) electrons. The van der Waals surface area contributed by atoms with E-state index in [0.717, 1.165) is 23.7 Å². The molecule has 144 valence electrons. The third kappa shape index (κ3) is 5.72. The number of halogens is 1. The van der Waals surface area contributed by atoms with Gasteiger partial charge >= 0.3 is 0 Å². The highest BCUT2D eigenvalue weighted by molar-refractivity contribution is 14.0. The van der Waals surface area contributed by atoms with Crippen LogP contribution in [0.15, 0.2) is 4.99 Å². The van der Waals surface area contributed by atoms with Crippen LogP contribution >= 0.6 is 24.0 Å². The molecular weight excluding hydrogens is 423 g/mol. The van der Waals surface area contributed by atoms with Crippen molar-refractivity contribution in [3.8, 4) is 0 Å². The normalized spacial score (nSPS) is 32.1. The van der Waals surface area contributed by atoms with Gasteiger partial charge in [0.2, 0.25) is 0 Å². The summed E-state index contributed by atoms with van der Waals surface area (Å²) in [7, 11) is 1.93. The lowest BCUT2D eigenvalue weighted by Crippen LogP contribution is -2.49. The molecule has 2 unspecified atom stereocenters. The van der Waals surface area contributed by atoms with E-state index in [9.17, 15) is 0 Å². The fourth-order valence-electron chi connectivity index (χ4n) is 4.93. The van der Waals surface area contributed by atoms with Crippen molar-refractivity contribution in [2.45, 2.75) is 76.3 Å². The van der Waals surface area contributed by atoms with Crippen LogP contribution in [0.1, 0.15) is 64.2 Å². The van der Waals surface area contributed by atoms with Crippen LogP contribution in [-0.2, 0) is 0 Å². The molecule has 2 atom stereocenters. The van der Waals surface area contributed by atoms with Crippen LogP contribution < -0.4 is 10.6 Å². The third-order valence-electron chi connectivity index (χ3n) is 6.78. The second-order valence-electron chi connectivity index (χ2n) is 8.78. The van der Waals surface area contributed by atoms with E-state index in [2.05, 4.69) is 20.5 Å². The van der Waals surface area contributed by atoms with E-state index >= 15 is 0 Å². The largest absolute Gasteiger partial charge is 0.354 e. The fraction of sp³-hybridized carbons (Fsp3) is 0.950. The van der Waals surface area contributed by atoms with Crippen LogP contribution in [0.5, 0.6) is 0 Å². The highest BCUT2D eigenvalue weighted by atomic mass is 127. The molecule has 4 rings (SSSR count). The predicted molar refractivity (Wildman–Crippen MR) is 116 cm³/mol. The Labute approximate surface area is 171 Å². The summed E-state index contributed by atoms with van der Waals surface area (Å²) in [6.07, 6.45) is 14.2. The number of rotatable bonds is 5. The summed E-state index contributed by atoms with van der Waals surface area (Å²) in [5, 5.41) is 7.42. The number of aliphatic imine (C=N–C) groups is 1. The second kappa shape index (κ2) is 9.25. The molecule has 0 aromatic carbocycles. The number of nitrogens with zero attached hydrogens (tertiary/aromatic N) is 2. The first-order valence-corrected chi connectivity index (χ1v) is 10.5. The maximum atomic E-state index is 4.50. The zero-order valence-corrected chi connectivity index (χ0v) is 18.2. The van der Waals surface area contributed by atoms with Gasteiger partial charge in [0.25, 0.3) is 0 Å². The Morgan fingerprint density at radius 2 is 1.68 bits per heavy atom. The summed E-state index contributed by atoms with van der Waals surface area (Å²) >= 11 is 0. The lowest BCUT2D eigenvalue weighted by Gasteiger charge is -2.33. The number of nitrogens with one attached hydrogen (secondary N) is 2. The Morgan fingerprint density at radius 3 is 2.32 bits per heavy atom. The van der Waals surface area contributed by atoms with E-state index in [-0.39, 0.29) is 24.0 Å². The number of guanidine groups is 1. The Balaban J connectivity index is 0.00000182. The highest BCUT2D eigenvalue weighted by Gasteiger charge is 2.43. The van der Waals surface area contributed by atoms with Crippen molar-refractivity contribution in [2.24, 2.45) is 22.7 Å². The minimum Gasteiger partial charge on any atom is -0.354 e. The topological polar surface area (TPSA) is 39.7 Å². The lowest BCUT2D eigenvalue weighted by atomic mass is 9.85. The van der Waals surface area contributed by atoms with Crippen LogP contribution in [0.2, 0.25) is 0 Å². The number of likely N-dealkylation sites (tertiary alicyclic amines) is 1. The van der Waals surface area contributed by atoms with Crippen molar-refractivity contribution in [2.75, 3.05) is 26.7 Å². The van der Waals surface area contributed by atoms with Gasteiger partial charge in [-0.25, -0.2) is 0 Å². The van der Waals surface area contributed by atoms with Gasteiger partial charge in [-0.1, -0.05) is 32.1 Å². The SMILES string of the molecule is CN=C(NC1CCN(CC2CC2)CC1)NC1CC1C1CCCCC1.I.